The third-order valence-corrected chi connectivity index (χ3v) is 2.44. The van der Waals surface area contributed by atoms with Crippen molar-refractivity contribution in [2.45, 2.75) is 27.2 Å². The van der Waals surface area contributed by atoms with Gasteiger partial charge in [0.2, 0.25) is 0 Å². The van der Waals surface area contributed by atoms with Gasteiger partial charge in [-0.25, -0.2) is 0 Å². The molecule has 1 aromatic carbocycles. The Labute approximate surface area is 91.8 Å². The molecule has 1 nitrogen and oxygen atoms in total. The van der Waals surface area contributed by atoms with E-state index in [4.69, 9.17) is 0 Å². The first-order valence-electron chi connectivity index (χ1n) is 5.26. The molecule has 1 rings (SSSR count). The van der Waals surface area contributed by atoms with Crippen LogP contribution in [0.1, 0.15) is 36.2 Å². The number of hydrogen-bond acceptors (Lipinski definition) is 1. The van der Waals surface area contributed by atoms with Gasteiger partial charge in [0.1, 0.15) is 0 Å². The smallest absolute Gasteiger partial charge is 0.165 e. The molecular weight excluding hydrogens is 184 g/mol. The summed E-state index contributed by atoms with van der Waals surface area (Å²) in [6.45, 7) is 9.76. The van der Waals surface area contributed by atoms with Crippen molar-refractivity contribution in [2.75, 3.05) is 0 Å². The van der Waals surface area contributed by atoms with Crippen molar-refractivity contribution in [1.82, 2.24) is 0 Å². The molecule has 80 valence electrons. The Morgan fingerprint density at radius 2 is 1.87 bits per heavy atom. The molecule has 0 radical (unpaired) electrons. The number of allylic oxidation sites excluding steroid dienone is 1. The lowest BCUT2D eigenvalue weighted by Gasteiger charge is -2.10. The Bertz CT molecular complexity index is 359. The second-order valence-corrected chi connectivity index (χ2v) is 4.29. The van der Waals surface area contributed by atoms with Gasteiger partial charge in [0.15, 0.2) is 5.78 Å². The van der Waals surface area contributed by atoms with Crippen LogP contribution in [0.15, 0.2) is 36.4 Å². The average molecular weight is 202 g/mol. The molecule has 0 heterocycles. The molecule has 0 aliphatic carbocycles. The Kier molecular flexibility index (Phi) is 3.84. The molecule has 15 heavy (non-hydrogen) atoms. The Morgan fingerprint density at radius 3 is 2.33 bits per heavy atom. The highest BCUT2D eigenvalue weighted by Crippen LogP contribution is 2.16. The summed E-state index contributed by atoms with van der Waals surface area (Å²) in [4.78, 5) is 12.0. The van der Waals surface area contributed by atoms with Crippen molar-refractivity contribution in [3.05, 3.63) is 47.5 Å². The lowest BCUT2D eigenvalue weighted by atomic mass is 9.93. The van der Waals surface area contributed by atoms with Gasteiger partial charge in [-0.3, -0.25) is 4.79 Å². The highest BCUT2D eigenvalue weighted by Gasteiger charge is 2.14. The molecule has 0 aromatic heterocycles. The van der Waals surface area contributed by atoms with E-state index < -0.39 is 0 Å². The highest BCUT2D eigenvalue weighted by atomic mass is 16.1. The standard InChI is InChI=1S/C14H18O/c1-10(2)9-12(4)14(15)13-7-5-11(3)6-8-13/h5-8,12H,1,9H2,2-4H3. The maximum absolute atomic E-state index is 12.0. The van der Waals surface area contributed by atoms with E-state index in [0.29, 0.717) is 0 Å². The molecule has 0 spiro atoms. The van der Waals surface area contributed by atoms with E-state index in [1.807, 2.05) is 45.0 Å². The minimum absolute atomic E-state index is 0.0326. The normalized spacial score (nSPS) is 12.2. The monoisotopic (exact) mass is 202 g/mol. The molecule has 0 bridgehead atoms. The summed E-state index contributed by atoms with van der Waals surface area (Å²) >= 11 is 0. The van der Waals surface area contributed by atoms with Gasteiger partial charge in [0.05, 0.1) is 0 Å². The summed E-state index contributed by atoms with van der Waals surface area (Å²) in [7, 11) is 0. The molecule has 1 heteroatoms. The van der Waals surface area contributed by atoms with Gasteiger partial charge in [-0.15, -0.1) is 6.58 Å². The molecule has 0 saturated heterocycles. The Balaban J connectivity index is 2.76. The van der Waals surface area contributed by atoms with Gasteiger partial charge < -0.3 is 0 Å². The van der Waals surface area contributed by atoms with E-state index >= 15 is 0 Å². The third-order valence-electron chi connectivity index (χ3n) is 2.44. The van der Waals surface area contributed by atoms with Crippen molar-refractivity contribution >= 4 is 5.78 Å². The maximum Gasteiger partial charge on any atom is 0.165 e. The molecule has 0 amide bonds. The number of hydrogen-bond donors (Lipinski definition) is 0. The predicted molar refractivity (Wildman–Crippen MR) is 64.1 cm³/mol. The number of carbonyl (C=O) groups is 1. The number of Topliss-reactive ketones (excluding diaryl/α,β-unsaturated/α-hetero) is 1. The quantitative estimate of drug-likeness (QED) is 0.536. The number of aryl methyl sites for hydroxylation is 1. The largest absolute Gasteiger partial charge is 0.294 e. The van der Waals surface area contributed by atoms with Crippen LogP contribution in [0.25, 0.3) is 0 Å². The van der Waals surface area contributed by atoms with Crippen LogP contribution in [0.5, 0.6) is 0 Å². The van der Waals surface area contributed by atoms with Crippen molar-refractivity contribution < 1.29 is 4.79 Å². The van der Waals surface area contributed by atoms with E-state index in [2.05, 4.69) is 6.58 Å². The molecule has 0 aliphatic heterocycles. The van der Waals surface area contributed by atoms with Gasteiger partial charge in [0, 0.05) is 11.5 Å². The van der Waals surface area contributed by atoms with E-state index in [1.165, 1.54) is 5.56 Å². The molecule has 1 aromatic rings. The second-order valence-electron chi connectivity index (χ2n) is 4.29. The summed E-state index contributed by atoms with van der Waals surface area (Å²) in [6.07, 6.45) is 0.771. The van der Waals surface area contributed by atoms with Crippen LogP contribution < -0.4 is 0 Å². The van der Waals surface area contributed by atoms with E-state index in [-0.39, 0.29) is 11.7 Å². The first kappa shape index (κ1) is 11.7. The van der Waals surface area contributed by atoms with E-state index in [0.717, 1.165) is 17.6 Å². The van der Waals surface area contributed by atoms with Crippen LogP contribution >= 0.6 is 0 Å². The van der Waals surface area contributed by atoms with Gasteiger partial charge in [0.25, 0.3) is 0 Å². The average Bonchev–Trinajstić information content (AvgIpc) is 2.17. The Morgan fingerprint density at radius 1 is 1.33 bits per heavy atom. The zero-order chi connectivity index (χ0) is 11.4. The number of benzene rings is 1. The van der Waals surface area contributed by atoms with Crippen LogP contribution in [0.2, 0.25) is 0 Å². The Hall–Kier alpha value is -1.37. The van der Waals surface area contributed by atoms with Crippen LogP contribution in [0.3, 0.4) is 0 Å². The van der Waals surface area contributed by atoms with Crippen LogP contribution in [-0.4, -0.2) is 5.78 Å². The number of rotatable bonds is 4. The summed E-state index contributed by atoms with van der Waals surface area (Å²) in [5, 5.41) is 0. The fourth-order valence-electron chi connectivity index (χ4n) is 1.62. The summed E-state index contributed by atoms with van der Waals surface area (Å²) < 4.78 is 0. The van der Waals surface area contributed by atoms with Gasteiger partial charge >= 0.3 is 0 Å². The first-order chi connectivity index (χ1) is 7.00. The lowest BCUT2D eigenvalue weighted by molar-refractivity contribution is 0.0929. The number of carbonyl (C=O) groups excluding carboxylic acids is 1. The van der Waals surface area contributed by atoms with Crippen LogP contribution in [0.4, 0.5) is 0 Å². The SMILES string of the molecule is C=C(C)CC(C)C(=O)c1ccc(C)cc1. The number of ketones is 1. The van der Waals surface area contributed by atoms with Crippen molar-refractivity contribution in [2.24, 2.45) is 5.92 Å². The zero-order valence-corrected chi connectivity index (χ0v) is 9.71. The fourth-order valence-corrected chi connectivity index (χ4v) is 1.62. The van der Waals surface area contributed by atoms with Crippen LogP contribution in [0, 0.1) is 12.8 Å². The topological polar surface area (TPSA) is 17.1 Å². The second kappa shape index (κ2) is 4.92. The predicted octanol–water partition coefficient (Wildman–Crippen LogP) is 3.78. The highest BCUT2D eigenvalue weighted by molar-refractivity contribution is 5.97. The van der Waals surface area contributed by atoms with Crippen LogP contribution in [-0.2, 0) is 0 Å². The van der Waals surface area contributed by atoms with Gasteiger partial charge in [-0.05, 0) is 20.3 Å². The molecule has 0 fully saturated rings. The zero-order valence-electron chi connectivity index (χ0n) is 9.71. The molecular formula is C14H18O. The molecule has 0 N–H and O–H groups in total. The van der Waals surface area contributed by atoms with Gasteiger partial charge in [-0.1, -0.05) is 42.3 Å². The van der Waals surface area contributed by atoms with Crippen molar-refractivity contribution in [1.29, 1.82) is 0 Å². The summed E-state index contributed by atoms with van der Waals surface area (Å²) in [5.41, 5.74) is 3.04. The van der Waals surface area contributed by atoms with E-state index in [9.17, 15) is 4.79 Å². The molecule has 0 aliphatic rings. The minimum Gasteiger partial charge on any atom is -0.294 e. The third kappa shape index (κ3) is 3.35. The van der Waals surface area contributed by atoms with Crippen molar-refractivity contribution in [3.8, 4) is 0 Å². The fraction of sp³-hybridized carbons (Fsp3) is 0.357. The molecule has 1 unspecified atom stereocenters. The maximum atomic E-state index is 12.0. The molecule has 0 saturated carbocycles. The lowest BCUT2D eigenvalue weighted by Crippen LogP contribution is -2.11. The summed E-state index contributed by atoms with van der Waals surface area (Å²) in [5.74, 6) is 0.239. The van der Waals surface area contributed by atoms with E-state index in [1.54, 1.807) is 0 Å². The first-order valence-corrected chi connectivity index (χ1v) is 5.26. The summed E-state index contributed by atoms with van der Waals surface area (Å²) in [6, 6.07) is 7.74. The molecule has 1 atom stereocenters. The van der Waals surface area contributed by atoms with Gasteiger partial charge in [-0.2, -0.15) is 0 Å². The van der Waals surface area contributed by atoms with Crippen molar-refractivity contribution in [3.63, 3.8) is 0 Å². The minimum atomic E-state index is 0.0326.